The van der Waals surface area contributed by atoms with Gasteiger partial charge in [0.1, 0.15) is 5.41 Å². The fourth-order valence-corrected chi connectivity index (χ4v) is 2.35. The lowest BCUT2D eigenvalue weighted by atomic mass is 9.70. The third kappa shape index (κ3) is 1.89. The van der Waals surface area contributed by atoms with Crippen LogP contribution in [0.25, 0.3) is 0 Å². The van der Waals surface area contributed by atoms with Gasteiger partial charge < -0.3 is 5.11 Å². The average Bonchev–Trinajstić information content (AvgIpc) is 2.65. The summed E-state index contributed by atoms with van der Waals surface area (Å²) in [6, 6.07) is 0. The standard InChI is InChI=1S/C10H13F2N3O2/c1-15-7(6-13-14-15)9(8(16)17)2-4-10(11,12)5-3-9/h6H,2-5H2,1H3,(H,16,17). The predicted molar refractivity (Wildman–Crippen MR) is 53.7 cm³/mol. The van der Waals surface area contributed by atoms with Crippen molar-refractivity contribution in [1.82, 2.24) is 15.0 Å². The van der Waals surface area contributed by atoms with E-state index in [0.717, 1.165) is 0 Å². The third-order valence-electron chi connectivity index (χ3n) is 3.45. The van der Waals surface area contributed by atoms with Crippen molar-refractivity contribution in [2.45, 2.75) is 37.0 Å². The Morgan fingerprint density at radius 1 is 1.41 bits per heavy atom. The van der Waals surface area contributed by atoms with Crippen molar-refractivity contribution in [2.75, 3.05) is 0 Å². The molecule has 0 bridgehead atoms. The van der Waals surface area contributed by atoms with Crippen LogP contribution in [-0.2, 0) is 17.3 Å². The second-order valence-corrected chi connectivity index (χ2v) is 4.49. The van der Waals surface area contributed by atoms with E-state index in [4.69, 9.17) is 0 Å². The molecule has 7 heteroatoms. The monoisotopic (exact) mass is 245 g/mol. The highest BCUT2D eigenvalue weighted by Gasteiger charge is 2.50. The van der Waals surface area contributed by atoms with Gasteiger partial charge in [0.25, 0.3) is 0 Å². The van der Waals surface area contributed by atoms with E-state index in [9.17, 15) is 18.7 Å². The smallest absolute Gasteiger partial charge is 0.315 e. The number of halogens is 2. The first-order valence-electron chi connectivity index (χ1n) is 5.34. The van der Waals surface area contributed by atoms with Crippen LogP contribution in [0.1, 0.15) is 31.4 Å². The van der Waals surface area contributed by atoms with Crippen LogP contribution in [0, 0.1) is 0 Å². The normalized spacial score (nSPS) is 22.3. The van der Waals surface area contributed by atoms with E-state index < -0.39 is 30.1 Å². The number of hydrogen-bond acceptors (Lipinski definition) is 3. The molecule has 1 N–H and O–H groups in total. The highest BCUT2D eigenvalue weighted by molar-refractivity contribution is 5.80. The lowest BCUT2D eigenvalue weighted by Crippen LogP contribution is -2.44. The van der Waals surface area contributed by atoms with Crippen molar-refractivity contribution in [3.8, 4) is 0 Å². The molecule has 0 aromatic carbocycles. The minimum atomic E-state index is -2.76. The zero-order valence-electron chi connectivity index (χ0n) is 9.36. The summed E-state index contributed by atoms with van der Waals surface area (Å²) in [5.74, 6) is -3.84. The van der Waals surface area contributed by atoms with E-state index in [-0.39, 0.29) is 12.8 Å². The summed E-state index contributed by atoms with van der Waals surface area (Å²) in [6.07, 6.45) is 0.347. The van der Waals surface area contributed by atoms with Crippen molar-refractivity contribution in [3.63, 3.8) is 0 Å². The van der Waals surface area contributed by atoms with E-state index >= 15 is 0 Å². The molecule has 0 unspecified atom stereocenters. The molecule has 1 aliphatic rings. The SMILES string of the molecule is Cn1nncc1C1(C(=O)O)CCC(F)(F)CC1. The van der Waals surface area contributed by atoms with Crippen LogP contribution < -0.4 is 0 Å². The number of aryl methyl sites for hydroxylation is 1. The average molecular weight is 245 g/mol. The molecule has 5 nitrogen and oxygen atoms in total. The van der Waals surface area contributed by atoms with Crippen LogP contribution in [0.4, 0.5) is 8.78 Å². The van der Waals surface area contributed by atoms with Gasteiger partial charge in [-0.1, -0.05) is 5.21 Å². The molecule has 17 heavy (non-hydrogen) atoms. The van der Waals surface area contributed by atoms with Crippen LogP contribution in [0.5, 0.6) is 0 Å². The maximum Gasteiger partial charge on any atom is 0.315 e. The summed E-state index contributed by atoms with van der Waals surface area (Å²) in [5, 5.41) is 16.6. The van der Waals surface area contributed by atoms with Crippen molar-refractivity contribution in [3.05, 3.63) is 11.9 Å². The molecule has 0 saturated heterocycles. The molecule has 94 valence electrons. The first-order valence-corrected chi connectivity index (χ1v) is 5.34. The second kappa shape index (κ2) is 3.75. The lowest BCUT2D eigenvalue weighted by Gasteiger charge is -2.36. The molecule has 2 rings (SSSR count). The predicted octanol–water partition coefficient (Wildman–Crippen LogP) is 1.35. The van der Waals surface area contributed by atoms with Crippen molar-refractivity contribution in [1.29, 1.82) is 0 Å². The summed E-state index contributed by atoms with van der Waals surface area (Å²) in [6.45, 7) is 0. The van der Waals surface area contributed by atoms with Crippen LogP contribution >= 0.6 is 0 Å². The summed E-state index contributed by atoms with van der Waals surface area (Å²) in [4.78, 5) is 11.4. The van der Waals surface area contributed by atoms with E-state index in [1.165, 1.54) is 10.9 Å². The zero-order valence-corrected chi connectivity index (χ0v) is 9.36. The van der Waals surface area contributed by atoms with Crippen molar-refractivity contribution >= 4 is 5.97 Å². The zero-order chi connectivity index (χ0) is 12.7. The third-order valence-corrected chi connectivity index (χ3v) is 3.45. The molecule has 1 aromatic heterocycles. The van der Waals surface area contributed by atoms with Crippen molar-refractivity contribution < 1.29 is 18.7 Å². The molecule has 0 radical (unpaired) electrons. The van der Waals surface area contributed by atoms with Crippen LogP contribution in [0.2, 0.25) is 0 Å². The van der Waals surface area contributed by atoms with Gasteiger partial charge in [-0.25, -0.2) is 8.78 Å². The van der Waals surface area contributed by atoms with Gasteiger partial charge in [-0.15, -0.1) is 5.10 Å². The van der Waals surface area contributed by atoms with Crippen LogP contribution in [0.15, 0.2) is 6.20 Å². The summed E-state index contributed by atoms with van der Waals surface area (Å²) in [7, 11) is 1.57. The van der Waals surface area contributed by atoms with Crippen LogP contribution in [0.3, 0.4) is 0 Å². The molecular formula is C10H13F2N3O2. The van der Waals surface area contributed by atoms with Crippen molar-refractivity contribution in [2.24, 2.45) is 7.05 Å². The highest BCUT2D eigenvalue weighted by Crippen LogP contribution is 2.45. The molecule has 1 heterocycles. The number of carboxylic acid groups (broad SMARTS) is 1. The molecule has 0 aliphatic heterocycles. The Labute approximate surface area is 96.4 Å². The molecule has 1 fully saturated rings. The fourth-order valence-electron chi connectivity index (χ4n) is 2.35. The molecule has 0 amide bonds. The Morgan fingerprint density at radius 2 is 2.00 bits per heavy atom. The maximum absolute atomic E-state index is 13.1. The van der Waals surface area contributed by atoms with Gasteiger partial charge in [-0.2, -0.15) is 0 Å². The highest BCUT2D eigenvalue weighted by atomic mass is 19.3. The first kappa shape index (κ1) is 11.9. The van der Waals surface area contributed by atoms with Gasteiger partial charge in [0, 0.05) is 19.9 Å². The number of carbonyl (C=O) groups is 1. The molecular weight excluding hydrogens is 232 g/mol. The Kier molecular flexibility index (Phi) is 2.63. The quantitative estimate of drug-likeness (QED) is 0.853. The summed E-state index contributed by atoms with van der Waals surface area (Å²) >= 11 is 0. The minimum Gasteiger partial charge on any atom is -0.481 e. The summed E-state index contributed by atoms with van der Waals surface area (Å²) < 4.78 is 27.6. The molecule has 1 aromatic rings. The van der Waals surface area contributed by atoms with E-state index in [1.54, 1.807) is 7.05 Å². The van der Waals surface area contributed by atoms with Crippen LogP contribution in [-0.4, -0.2) is 32.0 Å². The number of aromatic nitrogens is 3. The number of aliphatic carboxylic acids is 1. The minimum absolute atomic E-state index is 0.0868. The molecule has 1 saturated carbocycles. The second-order valence-electron chi connectivity index (χ2n) is 4.49. The Bertz CT molecular complexity index is 435. The topological polar surface area (TPSA) is 68.0 Å². The summed E-state index contributed by atoms with van der Waals surface area (Å²) in [5.41, 5.74) is -0.888. The number of nitrogens with zero attached hydrogens (tertiary/aromatic N) is 3. The number of hydrogen-bond donors (Lipinski definition) is 1. The number of alkyl halides is 2. The van der Waals surface area contributed by atoms with Gasteiger partial charge in [-0.05, 0) is 12.8 Å². The Balaban J connectivity index is 2.37. The maximum atomic E-state index is 13.1. The van der Waals surface area contributed by atoms with Gasteiger partial charge in [-0.3, -0.25) is 9.48 Å². The first-order chi connectivity index (χ1) is 7.87. The van der Waals surface area contributed by atoms with E-state index in [0.29, 0.717) is 5.69 Å². The molecule has 0 spiro atoms. The molecule has 1 aliphatic carbocycles. The Morgan fingerprint density at radius 3 is 2.41 bits per heavy atom. The molecule has 0 atom stereocenters. The Hall–Kier alpha value is -1.53. The van der Waals surface area contributed by atoms with Gasteiger partial charge in [0.2, 0.25) is 5.92 Å². The van der Waals surface area contributed by atoms with E-state index in [1.807, 2.05) is 0 Å². The lowest BCUT2D eigenvalue weighted by molar-refractivity contribution is -0.149. The van der Waals surface area contributed by atoms with E-state index in [2.05, 4.69) is 10.3 Å². The van der Waals surface area contributed by atoms with Gasteiger partial charge in [0.15, 0.2) is 0 Å². The van der Waals surface area contributed by atoms with Gasteiger partial charge >= 0.3 is 5.97 Å². The fraction of sp³-hybridized carbons (Fsp3) is 0.700. The number of rotatable bonds is 2. The number of carboxylic acids is 1. The largest absolute Gasteiger partial charge is 0.481 e. The van der Waals surface area contributed by atoms with Gasteiger partial charge in [0.05, 0.1) is 11.9 Å².